The van der Waals surface area contributed by atoms with Gasteiger partial charge in [-0.3, -0.25) is 14.9 Å². The van der Waals surface area contributed by atoms with E-state index in [1.165, 1.54) is 19.2 Å². The van der Waals surface area contributed by atoms with Crippen molar-refractivity contribution >= 4 is 34.9 Å². The number of carbonyl (C=O) groups is 2. The van der Waals surface area contributed by atoms with E-state index in [0.29, 0.717) is 10.8 Å². The van der Waals surface area contributed by atoms with E-state index in [2.05, 4.69) is 10.1 Å². The number of carbonyl (C=O) groups excluding carboxylic acids is 2. The van der Waals surface area contributed by atoms with Gasteiger partial charge in [0.05, 0.1) is 30.4 Å². The lowest BCUT2D eigenvalue weighted by Gasteiger charge is -2.11. The van der Waals surface area contributed by atoms with Gasteiger partial charge in [-0.25, -0.2) is 4.79 Å². The fourth-order valence-electron chi connectivity index (χ4n) is 2.06. The predicted octanol–water partition coefficient (Wildman–Crippen LogP) is 3.30. The first kappa shape index (κ1) is 18.2. The zero-order valence-corrected chi connectivity index (χ0v) is 14.0. The van der Waals surface area contributed by atoms with Gasteiger partial charge in [0.2, 0.25) is 0 Å². The largest absolute Gasteiger partial charge is 0.495 e. The van der Waals surface area contributed by atoms with Crippen molar-refractivity contribution in [3.8, 4) is 5.75 Å². The van der Waals surface area contributed by atoms with E-state index in [1.54, 1.807) is 12.1 Å². The molecule has 0 heterocycles. The zero-order chi connectivity index (χ0) is 18.6. The van der Waals surface area contributed by atoms with Crippen molar-refractivity contribution in [1.29, 1.82) is 0 Å². The molecule has 0 saturated carbocycles. The molecule has 1 N–H and O–H groups in total. The number of esters is 1. The van der Waals surface area contributed by atoms with Crippen LogP contribution in [0.1, 0.15) is 20.7 Å². The SMILES string of the molecule is COC(=O)c1cc(C(=O)Nc2cc(Cl)ccc2OC)cc([N+](=O)[O-])c1. The second-order valence-electron chi connectivity index (χ2n) is 4.82. The molecule has 1 amide bonds. The number of non-ortho nitro benzene ring substituents is 1. The first-order valence-electron chi connectivity index (χ1n) is 6.88. The van der Waals surface area contributed by atoms with Crippen molar-refractivity contribution < 1.29 is 24.0 Å². The third-order valence-corrected chi connectivity index (χ3v) is 3.46. The van der Waals surface area contributed by atoms with E-state index >= 15 is 0 Å². The number of methoxy groups -OCH3 is 2. The van der Waals surface area contributed by atoms with Gasteiger partial charge in [0.1, 0.15) is 5.75 Å². The molecule has 0 fully saturated rings. The highest BCUT2D eigenvalue weighted by Gasteiger charge is 2.19. The molecule has 2 aromatic rings. The summed E-state index contributed by atoms with van der Waals surface area (Å²) >= 11 is 5.90. The normalized spacial score (nSPS) is 10.0. The highest BCUT2D eigenvalue weighted by atomic mass is 35.5. The molecular formula is C16H13ClN2O6. The molecular weight excluding hydrogens is 352 g/mol. The highest BCUT2D eigenvalue weighted by Crippen LogP contribution is 2.28. The van der Waals surface area contributed by atoms with Crippen molar-refractivity contribution in [1.82, 2.24) is 0 Å². The minimum atomic E-state index is -0.793. The van der Waals surface area contributed by atoms with Crippen LogP contribution in [-0.2, 0) is 4.74 Å². The zero-order valence-electron chi connectivity index (χ0n) is 13.2. The van der Waals surface area contributed by atoms with E-state index in [1.807, 2.05) is 0 Å². The van der Waals surface area contributed by atoms with Crippen LogP contribution in [0.4, 0.5) is 11.4 Å². The number of ether oxygens (including phenoxy) is 2. The molecule has 2 rings (SSSR count). The Morgan fingerprint density at radius 3 is 2.40 bits per heavy atom. The van der Waals surface area contributed by atoms with Gasteiger partial charge in [0, 0.05) is 22.7 Å². The number of nitro benzene ring substituents is 1. The maximum absolute atomic E-state index is 12.4. The molecule has 0 aromatic heterocycles. The third-order valence-electron chi connectivity index (χ3n) is 3.22. The Bertz CT molecular complexity index is 853. The molecule has 0 radical (unpaired) electrons. The highest BCUT2D eigenvalue weighted by molar-refractivity contribution is 6.31. The molecule has 8 nitrogen and oxygen atoms in total. The average molecular weight is 365 g/mol. The Balaban J connectivity index is 2.42. The fourth-order valence-corrected chi connectivity index (χ4v) is 2.23. The van der Waals surface area contributed by atoms with Crippen LogP contribution in [0, 0.1) is 10.1 Å². The van der Waals surface area contributed by atoms with E-state index in [9.17, 15) is 19.7 Å². The second kappa shape index (κ2) is 7.63. The topological polar surface area (TPSA) is 108 Å². The number of halogens is 1. The number of nitrogens with one attached hydrogen (secondary N) is 1. The maximum atomic E-state index is 12.4. The Labute approximate surface area is 147 Å². The first-order valence-corrected chi connectivity index (χ1v) is 7.26. The molecule has 0 aliphatic rings. The lowest BCUT2D eigenvalue weighted by molar-refractivity contribution is -0.384. The van der Waals surface area contributed by atoms with Gasteiger partial charge in [-0.1, -0.05) is 11.6 Å². The minimum absolute atomic E-state index is 0.0865. The summed E-state index contributed by atoms with van der Waals surface area (Å²) in [6.07, 6.45) is 0. The molecule has 0 aliphatic carbocycles. The van der Waals surface area contributed by atoms with Crippen LogP contribution in [0.2, 0.25) is 5.02 Å². The molecule has 0 saturated heterocycles. The van der Waals surface area contributed by atoms with Crippen LogP contribution in [0.3, 0.4) is 0 Å². The van der Waals surface area contributed by atoms with Crippen molar-refractivity contribution in [3.05, 3.63) is 62.7 Å². The number of hydrogen-bond acceptors (Lipinski definition) is 6. The van der Waals surface area contributed by atoms with Crippen molar-refractivity contribution in [2.75, 3.05) is 19.5 Å². The summed E-state index contributed by atoms with van der Waals surface area (Å²) in [6, 6.07) is 7.90. The Morgan fingerprint density at radius 2 is 1.80 bits per heavy atom. The van der Waals surface area contributed by atoms with Gasteiger partial charge in [-0.05, 0) is 24.3 Å². The van der Waals surface area contributed by atoms with E-state index in [0.717, 1.165) is 19.2 Å². The summed E-state index contributed by atoms with van der Waals surface area (Å²) in [5.41, 5.74) is -0.325. The summed E-state index contributed by atoms with van der Waals surface area (Å²) in [5.74, 6) is -1.11. The van der Waals surface area contributed by atoms with Crippen LogP contribution in [-0.4, -0.2) is 31.0 Å². The molecule has 9 heteroatoms. The predicted molar refractivity (Wildman–Crippen MR) is 90.4 cm³/mol. The maximum Gasteiger partial charge on any atom is 0.338 e. The van der Waals surface area contributed by atoms with Crippen molar-refractivity contribution in [3.63, 3.8) is 0 Å². The lowest BCUT2D eigenvalue weighted by Crippen LogP contribution is -2.14. The quantitative estimate of drug-likeness (QED) is 0.495. The summed E-state index contributed by atoms with van der Waals surface area (Å²) in [7, 11) is 2.55. The number of amides is 1. The molecule has 2 aromatic carbocycles. The first-order chi connectivity index (χ1) is 11.8. The van der Waals surface area contributed by atoms with Gasteiger partial charge in [0.25, 0.3) is 11.6 Å². The number of rotatable bonds is 5. The molecule has 0 aliphatic heterocycles. The van der Waals surface area contributed by atoms with E-state index < -0.39 is 22.5 Å². The molecule has 25 heavy (non-hydrogen) atoms. The Morgan fingerprint density at radius 1 is 1.12 bits per heavy atom. The molecule has 0 unspecified atom stereocenters. The molecule has 0 bridgehead atoms. The van der Waals surface area contributed by atoms with Crippen LogP contribution in [0.25, 0.3) is 0 Å². The van der Waals surface area contributed by atoms with Crippen LogP contribution >= 0.6 is 11.6 Å². The second-order valence-corrected chi connectivity index (χ2v) is 5.25. The monoisotopic (exact) mass is 364 g/mol. The summed E-state index contributed by atoms with van der Waals surface area (Å²) in [6.45, 7) is 0. The van der Waals surface area contributed by atoms with Crippen molar-refractivity contribution in [2.45, 2.75) is 0 Å². The van der Waals surface area contributed by atoms with Crippen LogP contribution < -0.4 is 10.1 Å². The smallest absolute Gasteiger partial charge is 0.338 e. The summed E-state index contributed by atoms with van der Waals surface area (Å²) < 4.78 is 9.67. The van der Waals surface area contributed by atoms with Crippen LogP contribution in [0.5, 0.6) is 5.75 Å². The Kier molecular flexibility index (Phi) is 5.56. The van der Waals surface area contributed by atoms with Gasteiger partial charge >= 0.3 is 5.97 Å². The Hall–Kier alpha value is -3.13. The molecule has 0 spiro atoms. The van der Waals surface area contributed by atoms with Crippen molar-refractivity contribution in [2.24, 2.45) is 0 Å². The summed E-state index contributed by atoms with van der Waals surface area (Å²) in [4.78, 5) is 34.4. The number of nitro groups is 1. The average Bonchev–Trinajstić information content (AvgIpc) is 2.60. The van der Waals surface area contributed by atoms with E-state index in [4.69, 9.17) is 16.3 Å². The van der Waals surface area contributed by atoms with Gasteiger partial charge < -0.3 is 14.8 Å². The molecule has 0 atom stereocenters. The standard InChI is InChI=1S/C16H13ClN2O6/c1-24-14-4-3-11(17)8-13(14)18-15(20)9-5-10(16(21)25-2)7-12(6-9)19(22)23/h3-8H,1-2H3,(H,18,20). The summed E-state index contributed by atoms with van der Waals surface area (Å²) in [5, 5.41) is 13.9. The fraction of sp³-hybridized carbons (Fsp3) is 0.125. The number of hydrogen-bond donors (Lipinski definition) is 1. The third kappa shape index (κ3) is 4.24. The number of benzene rings is 2. The molecule has 130 valence electrons. The van der Waals surface area contributed by atoms with Gasteiger partial charge in [0.15, 0.2) is 0 Å². The lowest BCUT2D eigenvalue weighted by atomic mass is 10.1. The minimum Gasteiger partial charge on any atom is -0.495 e. The number of nitrogens with zero attached hydrogens (tertiary/aromatic N) is 1. The van der Waals surface area contributed by atoms with Gasteiger partial charge in [-0.2, -0.15) is 0 Å². The number of anilines is 1. The van der Waals surface area contributed by atoms with Gasteiger partial charge in [-0.15, -0.1) is 0 Å². The van der Waals surface area contributed by atoms with E-state index in [-0.39, 0.29) is 16.8 Å². The van der Waals surface area contributed by atoms with Crippen LogP contribution in [0.15, 0.2) is 36.4 Å².